The summed E-state index contributed by atoms with van der Waals surface area (Å²) in [6.07, 6.45) is 3.50. The van der Waals surface area contributed by atoms with Crippen LogP contribution in [0.1, 0.15) is 25.7 Å². The molecule has 2 N–H and O–H groups in total. The van der Waals surface area contributed by atoms with E-state index >= 15 is 0 Å². The van der Waals surface area contributed by atoms with E-state index in [1.165, 1.54) is 0 Å². The van der Waals surface area contributed by atoms with Crippen LogP contribution in [0, 0.1) is 0 Å². The predicted octanol–water partition coefficient (Wildman–Crippen LogP) is -0.441. The predicted molar refractivity (Wildman–Crippen MR) is 59.6 cm³/mol. The molecule has 2 aliphatic rings. The van der Waals surface area contributed by atoms with Gasteiger partial charge in [-0.2, -0.15) is 0 Å². The van der Waals surface area contributed by atoms with Gasteiger partial charge in [-0.3, -0.25) is 9.59 Å². The average Bonchev–Trinajstić information content (AvgIpc) is 2.87. The summed E-state index contributed by atoms with van der Waals surface area (Å²) in [7, 11) is 0. The van der Waals surface area contributed by atoms with Crippen LogP contribution in [0.25, 0.3) is 0 Å². The fourth-order valence-electron chi connectivity index (χ4n) is 2.53. The van der Waals surface area contributed by atoms with Crippen LogP contribution in [0.15, 0.2) is 0 Å². The van der Waals surface area contributed by atoms with Crippen LogP contribution < -0.4 is 5.73 Å². The van der Waals surface area contributed by atoms with Crippen LogP contribution in [0.4, 0.5) is 0 Å². The number of carbonyl (C=O) groups is 2. The second-order valence-electron chi connectivity index (χ2n) is 4.54. The lowest BCUT2D eigenvalue weighted by Crippen LogP contribution is -2.45. The van der Waals surface area contributed by atoms with Gasteiger partial charge < -0.3 is 15.5 Å². The van der Waals surface area contributed by atoms with Crippen LogP contribution in [0.2, 0.25) is 0 Å². The Balaban J connectivity index is 1.89. The Morgan fingerprint density at radius 3 is 2.81 bits per heavy atom. The summed E-state index contributed by atoms with van der Waals surface area (Å²) in [6.45, 7) is 2.30. The molecule has 0 saturated carbocycles. The first-order chi connectivity index (χ1) is 7.72. The summed E-state index contributed by atoms with van der Waals surface area (Å²) in [5.41, 5.74) is 5.62. The van der Waals surface area contributed by atoms with Crippen molar-refractivity contribution in [2.45, 2.75) is 31.7 Å². The molecule has 0 bridgehead atoms. The number of nitrogens with zero attached hydrogens (tertiary/aromatic N) is 2. The van der Waals surface area contributed by atoms with Crippen molar-refractivity contribution in [2.75, 3.05) is 26.2 Å². The molecule has 0 spiro atoms. The minimum Gasteiger partial charge on any atom is -0.337 e. The molecule has 2 aliphatic heterocycles. The van der Waals surface area contributed by atoms with E-state index in [1.54, 1.807) is 4.90 Å². The first-order valence-corrected chi connectivity index (χ1v) is 5.99. The van der Waals surface area contributed by atoms with Crippen LogP contribution in [0.3, 0.4) is 0 Å². The van der Waals surface area contributed by atoms with Gasteiger partial charge in [0.1, 0.15) is 0 Å². The molecule has 5 nitrogen and oxygen atoms in total. The third kappa shape index (κ3) is 2.19. The van der Waals surface area contributed by atoms with E-state index in [0.29, 0.717) is 13.0 Å². The molecular weight excluding hydrogens is 206 g/mol. The van der Waals surface area contributed by atoms with Crippen molar-refractivity contribution in [1.82, 2.24) is 9.80 Å². The summed E-state index contributed by atoms with van der Waals surface area (Å²) in [4.78, 5) is 26.9. The van der Waals surface area contributed by atoms with Gasteiger partial charge in [-0.1, -0.05) is 0 Å². The van der Waals surface area contributed by atoms with E-state index in [4.69, 9.17) is 5.73 Å². The standard InChI is InChI=1S/C11H19N3O2/c12-7-9-3-1-6-14(9)11(16)8-13-5-2-4-10(13)15/h9H,1-8,12H2. The molecule has 0 aromatic carbocycles. The first-order valence-electron chi connectivity index (χ1n) is 5.99. The molecule has 2 amide bonds. The van der Waals surface area contributed by atoms with Crippen molar-refractivity contribution < 1.29 is 9.59 Å². The van der Waals surface area contributed by atoms with Gasteiger partial charge in [0.05, 0.1) is 6.54 Å². The number of likely N-dealkylation sites (tertiary alicyclic amines) is 2. The maximum absolute atomic E-state index is 12.0. The van der Waals surface area contributed by atoms with E-state index < -0.39 is 0 Å². The maximum atomic E-state index is 12.0. The number of hydrogen-bond donors (Lipinski definition) is 1. The molecule has 2 rings (SSSR count). The summed E-state index contributed by atoms with van der Waals surface area (Å²) in [5.74, 6) is 0.167. The highest BCUT2D eigenvalue weighted by Crippen LogP contribution is 2.17. The van der Waals surface area contributed by atoms with Crippen LogP contribution in [0.5, 0.6) is 0 Å². The van der Waals surface area contributed by atoms with Crippen molar-refractivity contribution in [1.29, 1.82) is 0 Å². The highest BCUT2D eigenvalue weighted by Gasteiger charge is 2.30. The van der Waals surface area contributed by atoms with E-state index in [2.05, 4.69) is 0 Å². The van der Waals surface area contributed by atoms with Crippen LogP contribution >= 0.6 is 0 Å². The lowest BCUT2D eigenvalue weighted by molar-refractivity contribution is -0.138. The summed E-state index contributed by atoms with van der Waals surface area (Å²) in [6, 6.07) is 0.185. The normalized spacial score (nSPS) is 25.6. The lowest BCUT2D eigenvalue weighted by atomic mass is 10.2. The monoisotopic (exact) mass is 225 g/mol. The van der Waals surface area contributed by atoms with E-state index in [0.717, 1.165) is 32.4 Å². The Morgan fingerprint density at radius 2 is 2.19 bits per heavy atom. The first kappa shape index (κ1) is 11.4. The van der Waals surface area contributed by atoms with Crippen molar-refractivity contribution in [3.8, 4) is 0 Å². The van der Waals surface area contributed by atoms with Gasteiger partial charge in [0.25, 0.3) is 0 Å². The fourth-order valence-corrected chi connectivity index (χ4v) is 2.53. The quantitative estimate of drug-likeness (QED) is 0.708. The molecule has 2 saturated heterocycles. The highest BCUT2D eigenvalue weighted by molar-refractivity contribution is 5.86. The average molecular weight is 225 g/mol. The Labute approximate surface area is 95.6 Å². The number of hydrogen-bond acceptors (Lipinski definition) is 3. The zero-order valence-corrected chi connectivity index (χ0v) is 9.52. The SMILES string of the molecule is NCC1CCCN1C(=O)CN1CCCC1=O. The summed E-state index contributed by atoms with van der Waals surface area (Å²) >= 11 is 0. The Morgan fingerprint density at radius 1 is 1.38 bits per heavy atom. The van der Waals surface area contributed by atoms with E-state index in [1.807, 2.05) is 4.90 Å². The van der Waals surface area contributed by atoms with Crippen molar-refractivity contribution in [3.05, 3.63) is 0 Å². The molecule has 1 unspecified atom stereocenters. The van der Waals surface area contributed by atoms with Gasteiger partial charge in [-0.15, -0.1) is 0 Å². The molecule has 16 heavy (non-hydrogen) atoms. The molecule has 0 aromatic heterocycles. The smallest absolute Gasteiger partial charge is 0.242 e. The third-order valence-corrected chi connectivity index (χ3v) is 3.47. The number of amides is 2. The van der Waals surface area contributed by atoms with Gasteiger partial charge in [0, 0.05) is 32.1 Å². The van der Waals surface area contributed by atoms with Crippen molar-refractivity contribution in [2.24, 2.45) is 5.73 Å². The number of nitrogens with two attached hydrogens (primary N) is 1. The molecule has 0 aliphatic carbocycles. The number of rotatable bonds is 3. The molecule has 5 heteroatoms. The Kier molecular flexibility index (Phi) is 3.43. The summed E-state index contributed by atoms with van der Waals surface area (Å²) in [5, 5.41) is 0. The molecular formula is C11H19N3O2. The molecule has 90 valence electrons. The van der Waals surface area contributed by atoms with Gasteiger partial charge in [-0.25, -0.2) is 0 Å². The topological polar surface area (TPSA) is 66.6 Å². The fraction of sp³-hybridized carbons (Fsp3) is 0.818. The van der Waals surface area contributed by atoms with Crippen molar-refractivity contribution in [3.63, 3.8) is 0 Å². The van der Waals surface area contributed by atoms with Gasteiger partial charge >= 0.3 is 0 Å². The molecule has 2 heterocycles. The molecule has 0 radical (unpaired) electrons. The van der Waals surface area contributed by atoms with E-state index in [-0.39, 0.29) is 24.4 Å². The van der Waals surface area contributed by atoms with Gasteiger partial charge in [0.15, 0.2) is 0 Å². The van der Waals surface area contributed by atoms with Crippen LogP contribution in [-0.4, -0.2) is 53.8 Å². The van der Waals surface area contributed by atoms with Gasteiger partial charge in [-0.05, 0) is 19.3 Å². The molecule has 2 fully saturated rings. The molecule has 0 aromatic rings. The Bertz CT molecular complexity index is 293. The minimum atomic E-state index is 0.0585. The van der Waals surface area contributed by atoms with Crippen LogP contribution in [-0.2, 0) is 9.59 Å². The van der Waals surface area contributed by atoms with Crippen molar-refractivity contribution >= 4 is 11.8 Å². The largest absolute Gasteiger partial charge is 0.337 e. The highest BCUT2D eigenvalue weighted by atomic mass is 16.2. The van der Waals surface area contributed by atoms with E-state index in [9.17, 15) is 9.59 Å². The van der Waals surface area contributed by atoms with Gasteiger partial charge in [0.2, 0.25) is 11.8 Å². The molecule has 1 atom stereocenters. The minimum absolute atomic E-state index is 0.0585. The second kappa shape index (κ2) is 4.82. The second-order valence-corrected chi connectivity index (χ2v) is 4.54. The zero-order valence-electron chi connectivity index (χ0n) is 9.52. The zero-order chi connectivity index (χ0) is 11.5. The lowest BCUT2D eigenvalue weighted by Gasteiger charge is -2.26. The summed E-state index contributed by atoms with van der Waals surface area (Å²) < 4.78 is 0. The third-order valence-electron chi connectivity index (χ3n) is 3.47. The maximum Gasteiger partial charge on any atom is 0.242 e. The number of carbonyl (C=O) groups excluding carboxylic acids is 2. The Hall–Kier alpha value is -1.10.